The minimum atomic E-state index is -0.341. The summed E-state index contributed by atoms with van der Waals surface area (Å²) in [4.78, 5) is 26.5. The monoisotopic (exact) mass is 297 g/mol. The average Bonchev–Trinajstić information content (AvgIpc) is 3.02. The lowest BCUT2D eigenvalue weighted by atomic mass is 10.1. The van der Waals surface area contributed by atoms with Crippen LogP contribution in [0.25, 0.3) is 0 Å². The Bertz CT molecular complexity index is 731. The smallest absolute Gasteiger partial charge is 0.252 e. The molecule has 1 saturated heterocycles. The van der Waals surface area contributed by atoms with Crippen molar-refractivity contribution < 1.29 is 9.59 Å². The molecular formula is C17H19N3O2. The molecule has 1 aromatic heterocycles. The van der Waals surface area contributed by atoms with Crippen molar-refractivity contribution in [2.45, 2.75) is 27.2 Å². The van der Waals surface area contributed by atoms with Gasteiger partial charge in [0, 0.05) is 24.3 Å². The molecule has 1 aliphatic heterocycles. The molecule has 2 aromatic rings. The maximum absolute atomic E-state index is 12.6. The molecule has 0 radical (unpaired) electrons. The second-order valence-electron chi connectivity index (χ2n) is 5.92. The number of benzene rings is 1. The lowest BCUT2D eigenvalue weighted by Crippen LogP contribution is -2.28. The molecule has 1 unspecified atom stereocenters. The molecule has 2 heterocycles. The first kappa shape index (κ1) is 14.5. The summed E-state index contributed by atoms with van der Waals surface area (Å²) in [7, 11) is 0. The Morgan fingerprint density at radius 2 is 1.86 bits per heavy atom. The Morgan fingerprint density at radius 3 is 2.45 bits per heavy atom. The highest BCUT2D eigenvalue weighted by molar-refractivity contribution is 6.00. The van der Waals surface area contributed by atoms with E-state index in [9.17, 15) is 9.59 Å². The zero-order chi connectivity index (χ0) is 15.9. The van der Waals surface area contributed by atoms with Gasteiger partial charge in [0.15, 0.2) is 0 Å². The van der Waals surface area contributed by atoms with Crippen molar-refractivity contribution in [3.8, 4) is 0 Å². The van der Waals surface area contributed by atoms with Crippen molar-refractivity contribution in [3.05, 3.63) is 47.3 Å². The average molecular weight is 297 g/mol. The third kappa shape index (κ3) is 2.54. The minimum Gasteiger partial charge on any atom is -0.312 e. The van der Waals surface area contributed by atoms with E-state index in [1.807, 2.05) is 51.1 Å². The predicted molar refractivity (Wildman–Crippen MR) is 84.0 cm³/mol. The van der Waals surface area contributed by atoms with Crippen LogP contribution in [0.5, 0.6) is 0 Å². The summed E-state index contributed by atoms with van der Waals surface area (Å²) < 4.78 is 1.42. The Morgan fingerprint density at radius 1 is 1.18 bits per heavy atom. The van der Waals surface area contributed by atoms with Gasteiger partial charge in [0.1, 0.15) is 0 Å². The molecule has 114 valence electrons. The van der Waals surface area contributed by atoms with Crippen molar-refractivity contribution in [2.75, 3.05) is 11.4 Å². The Hall–Kier alpha value is -2.43. The summed E-state index contributed by atoms with van der Waals surface area (Å²) in [6.45, 7) is 6.13. The van der Waals surface area contributed by atoms with Gasteiger partial charge in [-0.25, -0.2) is 4.68 Å². The molecule has 3 rings (SSSR count). The van der Waals surface area contributed by atoms with Crippen LogP contribution in [0.3, 0.4) is 0 Å². The van der Waals surface area contributed by atoms with E-state index in [1.165, 1.54) is 4.68 Å². The van der Waals surface area contributed by atoms with Gasteiger partial charge in [0.2, 0.25) is 5.91 Å². The van der Waals surface area contributed by atoms with Gasteiger partial charge in [-0.2, -0.15) is 5.10 Å². The number of carbonyl (C=O) groups excluding carboxylic acids is 2. The van der Waals surface area contributed by atoms with Crippen LogP contribution < -0.4 is 4.90 Å². The fourth-order valence-electron chi connectivity index (χ4n) is 2.87. The Labute approximate surface area is 129 Å². The summed E-state index contributed by atoms with van der Waals surface area (Å²) in [5, 5.41) is 4.23. The lowest BCUT2D eigenvalue weighted by molar-refractivity contribution is -0.117. The summed E-state index contributed by atoms with van der Waals surface area (Å²) in [5.74, 6) is -0.455. The fourth-order valence-corrected chi connectivity index (χ4v) is 2.87. The normalized spacial score (nSPS) is 18.0. The van der Waals surface area contributed by atoms with Crippen LogP contribution in [0.2, 0.25) is 0 Å². The Balaban J connectivity index is 1.81. The second-order valence-corrected chi connectivity index (χ2v) is 5.92. The van der Waals surface area contributed by atoms with Crippen molar-refractivity contribution in [1.29, 1.82) is 0 Å². The molecular weight excluding hydrogens is 278 g/mol. The summed E-state index contributed by atoms with van der Waals surface area (Å²) in [5.41, 5.74) is 3.61. The summed E-state index contributed by atoms with van der Waals surface area (Å²) >= 11 is 0. The van der Waals surface area contributed by atoms with E-state index in [0.717, 1.165) is 22.6 Å². The van der Waals surface area contributed by atoms with E-state index in [-0.39, 0.29) is 24.2 Å². The number of rotatable bonds is 2. The molecule has 0 aliphatic carbocycles. The first-order valence-corrected chi connectivity index (χ1v) is 7.40. The molecule has 0 spiro atoms. The van der Waals surface area contributed by atoms with Gasteiger partial charge < -0.3 is 4.90 Å². The SMILES string of the molecule is Cc1ccc(N2CC(C(=O)n3nc(C)cc3C)CC2=O)cc1. The van der Waals surface area contributed by atoms with Gasteiger partial charge in [-0.3, -0.25) is 9.59 Å². The number of hydrogen-bond donors (Lipinski definition) is 0. The molecule has 5 nitrogen and oxygen atoms in total. The van der Waals surface area contributed by atoms with Gasteiger partial charge >= 0.3 is 0 Å². The van der Waals surface area contributed by atoms with Crippen LogP contribution in [0.4, 0.5) is 5.69 Å². The van der Waals surface area contributed by atoms with E-state index in [4.69, 9.17) is 0 Å². The van der Waals surface area contributed by atoms with Crippen LogP contribution in [-0.2, 0) is 4.79 Å². The first-order chi connectivity index (χ1) is 10.5. The van der Waals surface area contributed by atoms with Crippen molar-refractivity contribution in [3.63, 3.8) is 0 Å². The van der Waals surface area contributed by atoms with Crippen LogP contribution in [0, 0.1) is 26.7 Å². The molecule has 1 amide bonds. The highest BCUT2D eigenvalue weighted by Crippen LogP contribution is 2.26. The summed E-state index contributed by atoms with van der Waals surface area (Å²) in [6, 6.07) is 9.65. The molecule has 1 atom stereocenters. The van der Waals surface area contributed by atoms with E-state index in [2.05, 4.69) is 5.10 Å². The number of anilines is 1. The number of hydrogen-bond acceptors (Lipinski definition) is 3. The van der Waals surface area contributed by atoms with Gasteiger partial charge in [0.25, 0.3) is 5.91 Å². The first-order valence-electron chi connectivity index (χ1n) is 7.40. The predicted octanol–water partition coefficient (Wildman–Crippen LogP) is 2.50. The maximum atomic E-state index is 12.6. The van der Waals surface area contributed by atoms with Crippen molar-refractivity contribution in [2.24, 2.45) is 5.92 Å². The van der Waals surface area contributed by atoms with E-state index in [0.29, 0.717) is 6.54 Å². The number of aryl methyl sites for hydroxylation is 3. The number of amides is 1. The molecule has 0 saturated carbocycles. The molecule has 22 heavy (non-hydrogen) atoms. The minimum absolute atomic E-state index is 0.0104. The maximum Gasteiger partial charge on any atom is 0.252 e. The van der Waals surface area contributed by atoms with E-state index >= 15 is 0 Å². The van der Waals surface area contributed by atoms with Crippen molar-refractivity contribution >= 4 is 17.5 Å². The third-order valence-electron chi connectivity index (χ3n) is 4.04. The topological polar surface area (TPSA) is 55.2 Å². The zero-order valence-corrected chi connectivity index (χ0v) is 13.0. The molecule has 1 aliphatic rings. The van der Waals surface area contributed by atoms with Gasteiger partial charge in [-0.05, 0) is 39.0 Å². The highest BCUT2D eigenvalue weighted by atomic mass is 16.2. The van der Waals surface area contributed by atoms with Crippen LogP contribution in [-0.4, -0.2) is 28.1 Å². The van der Waals surface area contributed by atoms with E-state index < -0.39 is 0 Å². The molecule has 1 aromatic carbocycles. The summed E-state index contributed by atoms with van der Waals surface area (Å²) in [6.07, 6.45) is 0.241. The second kappa shape index (κ2) is 5.40. The number of nitrogens with zero attached hydrogens (tertiary/aromatic N) is 3. The quantitative estimate of drug-likeness (QED) is 0.856. The standard InChI is InChI=1S/C17H19N3O2/c1-11-4-6-15(7-5-11)19-10-14(9-16(19)21)17(22)20-13(3)8-12(2)18-20/h4-8,14H,9-10H2,1-3H3. The van der Waals surface area contributed by atoms with Crippen LogP contribution in [0.15, 0.2) is 30.3 Å². The Kier molecular flexibility index (Phi) is 3.56. The van der Waals surface area contributed by atoms with Gasteiger partial charge in [-0.15, -0.1) is 0 Å². The highest BCUT2D eigenvalue weighted by Gasteiger charge is 2.36. The largest absolute Gasteiger partial charge is 0.312 e. The number of aromatic nitrogens is 2. The lowest BCUT2D eigenvalue weighted by Gasteiger charge is -2.16. The zero-order valence-electron chi connectivity index (χ0n) is 13.0. The van der Waals surface area contributed by atoms with E-state index in [1.54, 1.807) is 4.90 Å². The third-order valence-corrected chi connectivity index (χ3v) is 4.04. The van der Waals surface area contributed by atoms with Gasteiger partial charge in [-0.1, -0.05) is 17.7 Å². The number of carbonyl (C=O) groups is 2. The molecule has 0 bridgehead atoms. The van der Waals surface area contributed by atoms with Crippen molar-refractivity contribution in [1.82, 2.24) is 9.78 Å². The van der Waals surface area contributed by atoms with Gasteiger partial charge in [0.05, 0.1) is 11.6 Å². The molecule has 5 heteroatoms. The fraction of sp³-hybridized carbons (Fsp3) is 0.353. The van der Waals surface area contributed by atoms with Crippen LogP contribution in [0.1, 0.15) is 28.2 Å². The van der Waals surface area contributed by atoms with Crippen LogP contribution >= 0.6 is 0 Å². The molecule has 0 N–H and O–H groups in total. The molecule has 1 fully saturated rings.